The Kier molecular flexibility index (Phi) is 4.02. The predicted molar refractivity (Wildman–Crippen MR) is 99.6 cm³/mol. The van der Waals surface area contributed by atoms with Crippen molar-refractivity contribution in [2.45, 2.75) is 24.5 Å². The van der Waals surface area contributed by atoms with Gasteiger partial charge in [-0.2, -0.15) is 0 Å². The average molecular weight is 386 g/mol. The monoisotopic (exact) mass is 385 g/mol. The van der Waals surface area contributed by atoms with Crippen molar-refractivity contribution >= 4 is 23.5 Å². The molecular weight excluding hydrogens is 366 g/mol. The van der Waals surface area contributed by atoms with Crippen molar-refractivity contribution in [3.8, 4) is 0 Å². The normalized spacial score (nSPS) is 31.1. The van der Waals surface area contributed by atoms with Crippen LogP contribution in [0.4, 0.5) is 5.95 Å². The second-order valence-electron chi connectivity index (χ2n) is 7.54. The van der Waals surface area contributed by atoms with Crippen molar-refractivity contribution in [1.29, 1.82) is 0 Å². The number of amides is 1. The Morgan fingerprint density at radius 3 is 2.96 bits per heavy atom. The van der Waals surface area contributed by atoms with E-state index in [1.807, 2.05) is 6.07 Å². The minimum atomic E-state index is -0.145. The Balaban J connectivity index is 1.29. The Morgan fingerprint density at radius 2 is 2.19 bits per heavy atom. The number of nitrogens with zero attached hydrogens (tertiary/aromatic N) is 4. The van der Waals surface area contributed by atoms with Gasteiger partial charge in [0.15, 0.2) is 0 Å². The van der Waals surface area contributed by atoms with Crippen LogP contribution in [0.5, 0.6) is 0 Å². The average Bonchev–Trinajstić information content (AvgIpc) is 3.36. The number of fused-ring (bicyclic) bond motifs is 1. The minimum Gasteiger partial charge on any atom is -0.369 e. The molecule has 3 aliphatic rings. The maximum absolute atomic E-state index is 12.4. The fraction of sp³-hybridized carbons (Fsp3) is 0.474. The lowest BCUT2D eigenvalue weighted by atomic mass is 9.73. The van der Waals surface area contributed by atoms with E-state index in [9.17, 15) is 4.79 Å². The van der Waals surface area contributed by atoms with E-state index in [1.54, 1.807) is 30.7 Å². The van der Waals surface area contributed by atoms with E-state index in [0.717, 1.165) is 25.9 Å². The van der Waals surface area contributed by atoms with E-state index in [1.165, 1.54) is 0 Å². The molecule has 2 bridgehead atoms. The molecule has 5 heterocycles. The zero-order valence-corrected chi connectivity index (χ0v) is 15.5. The molecule has 140 valence electrons. The maximum Gasteiger partial charge on any atom is 0.269 e. The van der Waals surface area contributed by atoms with Crippen LogP contribution in [0, 0.1) is 11.8 Å². The Morgan fingerprint density at radius 1 is 1.33 bits per heavy atom. The SMILES string of the molecule is O=C(NC[C@H]1[C@H]2CN(c3ncc(Cl)cn3)C[C@]23CC[C@H]1O3)c1ccccn1. The molecule has 3 aliphatic heterocycles. The van der Waals surface area contributed by atoms with Crippen molar-refractivity contribution in [3.05, 3.63) is 47.5 Å². The molecule has 2 aromatic heterocycles. The van der Waals surface area contributed by atoms with Crippen LogP contribution in [0.2, 0.25) is 5.02 Å². The summed E-state index contributed by atoms with van der Waals surface area (Å²) in [6.07, 6.45) is 7.18. The summed E-state index contributed by atoms with van der Waals surface area (Å²) in [5.74, 6) is 1.21. The van der Waals surface area contributed by atoms with Crippen molar-refractivity contribution in [2.24, 2.45) is 11.8 Å². The first kappa shape index (κ1) is 16.9. The van der Waals surface area contributed by atoms with Gasteiger partial charge in [-0.1, -0.05) is 17.7 Å². The minimum absolute atomic E-state index is 0.136. The number of anilines is 1. The van der Waals surface area contributed by atoms with Gasteiger partial charge in [-0.3, -0.25) is 9.78 Å². The lowest BCUT2D eigenvalue weighted by Crippen LogP contribution is -2.42. The van der Waals surface area contributed by atoms with E-state index in [0.29, 0.717) is 35.0 Å². The van der Waals surface area contributed by atoms with Crippen molar-refractivity contribution in [3.63, 3.8) is 0 Å². The summed E-state index contributed by atoms with van der Waals surface area (Å²) in [5, 5.41) is 3.58. The van der Waals surface area contributed by atoms with Gasteiger partial charge in [-0.25, -0.2) is 9.97 Å². The fourth-order valence-electron chi connectivity index (χ4n) is 4.88. The van der Waals surface area contributed by atoms with Crippen molar-refractivity contribution in [2.75, 3.05) is 24.5 Å². The second kappa shape index (κ2) is 6.42. The predicted octanol–water partition coefficient (Wildman–Crippen LogP) is 1.94. The lowest BCUT2D eigenvalue weighted by Gasteiger charge is -2.29. The van der Waals surface area contributed by atoms with Crippen LogP contribution in [0.1, 0.15) is 23.3 Å². The summed E-state index contributed by atoms with van der Waals surface area (Å²) >= 11 is 5.91. The Labute approximate surface area is 162 Å². The number of hydrogen-bond donors (Lipinski definition) is 1. The first-order chi connectivity index (χ1) is 13.1. The molecule has 27 heavy (non-hydrogen) atoms. The molecule has 2 aromatic rings. The molecule has 1 spiro atoms. The largest absolute Gasteiger partial charge is 0.369 e. The summed E-state index contributed by atoms with van der Waals surface area (Å²) in [6.45, 7) is 2.23. The van der Waals surface area contributed by atoms with Gasteiger partial charge in [-0.15, -0.1) is 0 Å². The van der Waals surface area contributed by atoms with E-state index in [2.05, 4.69) is 25.2 Å². The van der Waals surface area contributed by atoms with Gasteiger partial charge in [-0.05, 0) is 25.0 Å². The first-order valence-corrected chi connectivity index (χ1v) is 9.62. The van der Waals surface area contributed by atoms with E-state index in [-0.39, 0.29) is 17.6 Å². The molecule has 8 heteroatoms. The number of carbonyl (C=O) groups excluding carboxylic acids is 1. The molecule has 5 rings (SSSR count). The Bertz CT molecular complexity index is 849. The van der Waals surface area contributed by atoms with Crippen LogP contribution in [0.25, 0.3) is 0 Å². The van der Waals surface area contributed by atoms with Crippen LogP contribution < -0.4 is 10.2 Å². The molecule has 1 N–H and O–H groups in total. The molecule has 0 saturated carbocycles. The zero-order chi connectivity index (χ0) is 18.4. The summed E-state index contributed by atoms with van der Waals surface area (Å²) in [5.41, 5.74) is 0.299. The van der Waals surface area contributed by atoms with Crippen LogP contribution in [0.15, 0.2) is 36.8 Å². The topological polar surface area (TPSA) is 80.2 Å². The van der Waals surface area contributed by atoms with Crippen LogP contribution in [-0.4, -0.2) is 52.2 Å². The van der Waals surface area contributed by atoms with Crippen LogP contribution in [0.3, 0.4) is 0 Å². The number of hydrogen-bond acceptors (Lipinski definition) is 6. The standard InChI is InChI=1S/C19H20ClN5O2/c20-12-7-23-18(24-8-12)25-10-14-13(16-4-5-19(14,11-25)27-16)9-22-17(26)15-3-1-2-6-21-15/h1-3,6-8,13-14,16H,4-5,9-11H2,(H,22,26)/t13-,14+,16+,19+/m0/s1. The fourth-order valence-corrected chi connectivity index (χ4v) is 4.98. The molecular formula is C19H20ClN5O2. The summed E-state index contributed by atoms with van der Waals surface area (Å²) in [7, 11) is 0. The van der Waals surface area contributed by atoms with Gasteiger partial charge < -0.3 is 15.0 Å². The molecule has 7 nitrogen and oxygen atoms in total. The first-order valence-electron chi connectivity index (χ1n) is 9.24. The van der Waals surface area contributed by atoms with E-state index < -0.39 is 0 Å². The van der Waals surface area contributed by atoms with Gasteiger partial charge in [0.05, 0.1) is 35.7 Å². The van der Waals surface area contributed by atoms with Gasteiger partial charge in [0, 0.05) is 31.1 Å². The number of halogens is 1. The summed E-state index contributed by atoms with van der Waals surface area (Å²) in [4.78, 5) is 27.4. The van der Waals surface area contributed by atoms with Gasteiger partial charge in [0.1, 0.15) is 5.69 Å². The number of nitrogens with one attached hydrogen (secondary N) is 1. The number of rotatable bonds is 4. The third kappa shape index (κ3) is 2.85. The zero-order valence-electron chi connectivity index (χ0n) is 14.7. The highest BCUT2D eigenvalue weighted by atomic mass is 35.5. The molecule has 1 amide bonds. The van der Waals surface area contributed by atoms with Gasteiger partial charge in [0.25, 0.3) is 5.91 Å². The molecule has 3 fully saturated rings. The van der Waals surface area contributed by atoms with Gasteiger partial charge in [0.2, 0.25) is 5.95 Å². The molecule has 4 atom stereocenters. The van der Waals surface area contributed by atoms with Crippen LogP contribution >= 0.6 is 11.6 Å². The summed E-state index contributed by atoms with van der Waals surface area (Å²) < 4.78 is 6.42. The highest BCUT2D eigenvalue weighted by Crippen LogP contribution is 2.54. The molecule has 0 unspecified atom stereocenters. The number of ether oxygens (including phenoxy) is 1. The molecule has 0 aliphatic carbocycles. The quantitative estimate of drug-likeness (QED) is 0.866. The molecule has 3 saturated heterocycles. The Hall–Kier alpha value is -2.25. The lowest BCUT2D eigenvalue weighted by molar-refractivity contribution is 0.0141. The van der Waals surface area contributed by atoms with Gasteiger partial charge >= 0.3 is 0 Å². The van der Waals surface area contributed by atoms with Crippen LogP contribution in [-0.2, 0) is 4.74 Å². The van der Waals surface area contributed by atoms with Crippen molar-refractivity contribution < 1.29 is 9.53 Å². The summed E-state index contributed by atoms with van der Waals surface area (Å²) in [6, 6.07) is 5.35. The number of aromatic nitrogens is 3. The third-order valence-electron chi connectivity index (χ3n) is 6.07. The number of carbonyl (C=O) groups is 1. The number of pyridine rings is 1. The van der Waals surface area contributed by atoms with E-state index in [4.69, 9.17) is 16.3 Å². The molecule has 0 aromatic carbocycles. The second-order valence-corrected chi connectivity index (χ2v) is 7.97. The third-order valence-corrected chi connectivity index (χ3v) is 6.26. The maximum atomic E-state index is 12.4. The van der Waals surface area contributed by atoms with E-state index >= 15 is 0 Å². The smallest absolute Gasteiger partial charge is 0.269 e. The van der Waals surface area contributed by atoms with Crippen molar-refractivity contribution in [1.82, 2.24) is 20.3 Å². The highest BCUT2D eigenvalue weighted by molar-refractivity contribution is 6.30. The molecule has 0 radical (unpaired) electrons. The highest BCUT2D eigenvalue weighted by Gasteiger charge is 2.63.